The summed E-state index contributed by atoms with van der Waals surface area (Å²) >= 11 is 1.19. The molecular formula is C5H5NO2S. The van der Waals surface area contributed by atoms with E-state index in [2.05, 4.69) is 4.98 Å². The van der Waals surface area contributed by atoms with Crippen molar-refractivity contribution in [1.29, 1.82) is 0 Å². The van der Waals surface area contributed by atoms with E-state index in [-0.39, 0.29) is 5.88 Å². The maximum Gasteiger partial charge on any atom is 0.233 e. The van der Waals surface area contributed by atoms with Crippen LogP contribution >= 0.6 is 11.3 Å². The molecule has 1 N–H and O–H groups in total. The molecule has 0 saturated carbocycles. The fraction of sp³-hybridized carbons (Fsp3) is 0.200. The van der Waals surface area contributed by atoms with Crippen LogP contribution in [0.5, 0.6) is 5.88 Å². The third-order valence-electron chi connectivity index (χ3n) is 0.848. The van der Waals surface area contributed by atoms with Crippen LogP contribution in [0.2, 0.25) is 0 Å². The molecule has 0 saturated heterocycles. The summed E-state index contributed by atoms with van der Waals surface area (Å²) in [6.45, 7) is 1.73. The van der Waals surface area contributed by atoms with Crippen molar-refractivity contribution in [1.82, 2.24) is 4.98 Å². The number of carbonyl (C=O) groups is 1. The van der Waals surface area contributed by atoms with E-state index in [1.165, 1.54) is 11.3 Å². The first kappa shape index (κ1) is 6.22. The number of aldehydes is 1. The summed E-state index contributed by atoms with van der Waals surface area (Å²) in [6.07, 6.45) is 0.597. The van der Waals surface area contributed by atoms with Crippen molar-refractivity contribution in [3.05, 3.63) is 9.88 Å². The first-order valence-electron chi connectivity index (χ1n) is 2.35. The van der Waals surface area contributed by atoms with Gasteiger partial charge in [0.1, 0.15) is 4.88 Å². The highest BCUT2D eigenvalue weighted by Gasteiger charge is 2.03. The topological polar surface area (TPSA) is 50.2 Å². The summed E-state index contributed by atoms with van der Waals surface area (Å²) in [7, 11) is 0. The zero-order chi connectivity index (χ0) is 6.85. The van der Waals surface area contributed by atoms with Gasteiger partial charge in [0, 0.05) is 0 Å². The zero-order valence-electron chi connectivity index (χ0n) is 4.79. The molecule has 0 amide bonds. The Labute approximate surface area is 56.0 Å². The molecule has 1 aromatic heterocycles. The highest BCUT2D eigenvalue weighted by molar-refractivity contribution is 7.13. The van der Waals surface area contributed by atoms with Gasteiger partial charge in [0.25, 0.3) is 0 Å². The third kappa shape index (κ3) is 1.08. The number of nitrogens with zero attached hydrogens (tertiary/aromatic N) is 1. The lowest BCUT2D eigenvalue weighted by atomic mass is 10.6. The lowest BCUT2D eigenvalue weighted by molar-refractivity contribution is 0.112. The summed E-state index contributed by atoms with van der Waals surface area (Å²) < 4.78 is 0. The van der Waals surface area contributed by atoms with E-state index in [1.54, 1.807) is 6.92 Å². The van der Waals surface area contributed by atoms with Gasteiger partial charge in [-0.3, -0.25) is 4.79 Å². The van der Waals surface area contributed by atoms with Gasteiger partial charge in [-0.05, 0) is 6.92 Å². The minimum Gasteiger partial charge on any atom is -0.492 e. The monoisotopic (exact) mass is 143 g/mol. The Kier molecular flexibility index (Phi) is 1.48. The SMILES string of the molecule is Cc1nc(O)c(C=O)s1. The Morgan fingerprint density at radius 1 is 1.78 bits per heavy atom. The Hall–Kier alpha value is -0.900. The van der Waals surface area contributed by atoms with Gasteiger partial charge in [0.05, 0.1) is 5.01 Å². The number of aryl methyl sites for hydroxylation is 1. The molecule has 0 aromatic carbocycles. The van der Waals surface area contributed by atoms with E-state index < -0.39 is 0 Å². The normalized spacial score (nSPS) is 9.44. The highest BCUT2D eigenvalue weighted by atomic mass is 32.1. The van der Waals surface area contributed by atoms with Crippen LogP contribution in [0.25, 0.3) is 0 Å². The quantitative estimate of drug-likeness (QED) is 0.596. The van der Waals surface area contributed by atoms with Gasteiger partial charge in [-0.15, -0.1) is 11.3 Å². The average Bonchev–Trinajstić information content (AvgIpc) is 2.10. The number of aromatic hydroxyl groups is 1. The maximum absolute atomic E-state index is 10.1. The fourth-order valence-electron chi connectivity index (χ4n) is 0.509. The molecule has 3 nitrogen and oxygen atoms in total. The molecule has 1 rings (SSSR count). The van der Waals surface area contributed by atoms with E-state index in [0.29, 0.717) is 16.2 Å². The van der Waals surface area contributed by atoms with Gasteiger partial charge in [0.15, 0.2) is 6.29 Å². The minimum absolute atomic E-state index is 0.160. The maximum atomic E-state index is 10.1. The van der Waals surface area contributed by atoms with Crippen molar-refractivity contribution in [2.75, 3.05) is 0 Å². The van der Waals surface area contributed by atoms with Gasteiger partial charge in [-0.25, -0.2) is 4.98 Å². The summed E-state index contributed by atoms with van der Waals surface area (Å²) in [4.78, 5) is 14.0. The van der Waals surface area contributed by atoms with Crippen LogP contribution in [-0.4, -0.2) is 16.4 Å². The molecular weight excluding hydrogens is 138 g/mol. The lowest BCUT2D eigenvalue weighted by Crippen LogP contribution is -1.70. The van der Waals surface area contributed by atoms with Crippen molar-refractivity contribution in [3.8, 4) is 5.88 Å². The average molecular weight is 143 g/mol. The number of thiazole rings is 1. The summed E-state index contributed by atoms with van der Waals surface area (Å²) in [5.41, 5.74) is 0. The Morgan fingerprint density at radius 2 is 2.44 bits per heavy atom. The van der Waals surface area contributed by atoms with Crippen LogP contribution in [0, 0.1) is 6.92 Å². The summed E-state index contributed by atoms with van der Waals surface area (Å²) in [6, 6.07) is 0. The Bertz CT molecular complexity index is 231. The molecule has 0 atom stereocenters. The lowest BCUT2D eigenvalue weighted by Gasteiger charge is -1.76. The molecule has 0 fully saturated rings. The number of aromatic nitrogens is 1. The Balaban J connectivity index is 3.15. The van der Waals surface area contributed by atoms with Gasteiger partial charge >= 0.3 is 0 Å². The third-order valence-corrected chi connectivity index (χ3v) is 1.73. The summed E-state index contributed by atoms with van der Waals surface area (Å²) in [5.74, 6) is -0.160. The van der Waals surface area contributed by atoms with Gasteiger partial charge < -0.3 is 5.11 Å². The standard InChI is InChI=1S/C5H5NO2S/c1-3-6-5(8)4(2-7)9-3/h2,8H,1H3. The number of rotatable bonds is 1. The minimum atomic E-state index is -0.160. The predicted molar refractivity (Wildman–Crippen MR) is 33.9 cm³/mol. The molecule has 0 radical (unpaired) electrons. The first-order valence-corrected chi connectivity index (χ1v) is 3.17. The molecule has 48 valence electrons. The van der Waals surface area contributed by atoms with E-state index in [1.807, 2.05) is 0 Å². The van der Waals surface area contributed by atoms with E-state index >= 15 is 0 Å². The van der Waals surface area contributed by atoms with Crippen molar-refractivity contribution < 1.29 is 9.90 Å². The van der Waals surface area contributed by atoms with E-state index in [0.717, 1.165) is 0 Å². The van der Waals surface area contributed by atoms with E-state index in [4.69, 9.17) is 5.11 Å². The van der Waals surface area contributed by atoms with Gasteiger partial charge in [-0.2, -0.15) is 0 Å². The molecule has 0 aliphatic rings. The fourth-order valence-corrected chi connectivity index (χ4v) is 1.14. The second-order valence-electron chi connectivity index (χ2n) is 1.54. The van der Waals surface area contributed by atoms with Crippen LogP contribution in [-0.2, 0) is 0 Å². The second-order valence-corrected chi connectivity index (χ2v) is 2.77. The molecule has 0 aliphatic heterocycles. The van der Waals surface area contributed by atoms with Crippen molar-refractivity contribution in [2.24, 2.45) is 0 Å². The van der Waals surface area contributed by atoms with Crippen LogP contribution in [0.3, 0.4) is 0 Å². The molecule has 0 aliphatic carbocycles. The molecule has 4 heteroatoms. The largest absolute Gasteiger partial charge is 0.492 e. The van der Waals surface area contributed by atoms with Crippen molar-refractivity contribution in [2.45, 2.75) is 6.92 Å². The van der Waals surface area contributed by atoms with Crippen LogP contribution in [0.4, 0.5) is 0 Å². The molecule has 0 spiro atoms. The number of carbonyl (C=O) groups excluding carboxylic acids is 1. The smallest absolute Gasteiger partial charge is 0.233 e. The molecule has 1 heterocycles. The first-order chi connectivity index (χ1) is 4.24. The number of hydrogen-bond donors (Lipinski definition) is 1. The van der Waals surface area contributed by atoms with Crippen LogP contribution in [0.1, 0.15) is 14.7 Å². The molecule has 0 bridgehead atoms. The van der Waals surface area contributed by atoms with Gasteiger partial charge in [0.2, 0.25) is 5.88 Å². The van der Waals surface area contributed by atoms with Crippen molar-refractivity contribution in [3.63, 3.8) is 0 Å². The Morgan fingerprint density at radius 3 is 2.67 bits per heavy atom. The predicted octanol–water partition coefficient (Wildman–Crippen LogP) is 0.970. The molecule has 1 aromatic rings. The second kappa shape index (κ2) is 2.14. The van der Waals surface area contributed by atoms with Crippen molar-refractivity contribution >= 4 is 17.6 Å². The van der Waals surface area contributed by atoms with Crippen LogP contribution in [0.15, 0.2) is 0 Å². The molecule has 9 heavy (non-hydrogen) atoms. The molecule has 0 unspecified atom stereocenters. The number of hydrogen-bond acceptors (Lipinski definition) is 4. The highest BCUT2D eigenvalue weighted by Crippen LogP contribution is 2.20. The van der Waals surface area contributed by atoms with Gasteiger partial charge in [-0.1, -0.05) is 0 Å². The summed E-state index contributed by atoms with van der Waals surface area (Å²) in [5, 5.41) is 9.50. The van der Waals surface area contributed by atoms with Crippen LogP contribution < -0.4 is 0 Å². The van der Waals surface area contributed by atoms with E-state index in [9.17, 15) is 4.79 Å². The zero-order valence-corrected chi connectivity index (χ0v) is 5.60.